The van der Waals surface area contributed by atoms with Crippen molar-refractivity contribution in [2.24, 2.45) is 0 Å². The molecular weight excluding hydrogens is 324 g/mol. The third kappa shape index (κ3) is 18.1. The highest BCUT2D eigenvalue weighted by Crippen LogP contribution is 2.10. The maximum absolute atomic E-state index is 11.5. The number of ether oxygens (including phenoxy) is 1. The molecular formula is C15H30O5S2. The number of hydrogen-bond acceptors (Lipinski definition) is 7. The summed E-state index contributed by atoms with van der Waals surface area (Å²) in [7, 11) is 0. The standard InChI is InChI=1S/C15H30O5S2/c1-2-3-4-5-6-7-8-9-11-18-15(16)10-12-21-13-14-22-20-19-17/h17H,2-14H2,1H3. The van der Waals surface area contributed by atoms with Crippen molar-refractivity contribution in [3.63, 3.8) is 0 Å². The van der Waals surface area contributed by atoms with Crippen LogP contribution in [0.3, 0.4) is 0 Å². The summed E-state index contributed by atoms with van der Waals surface area (Å²) in [4.78, 5) is 11.5. The molecule has 0 fully saturated rings. The normalized spacial score (nSPS) is 10.8. The molecule has 132 valence electrons. The lowest BCUT2D eigenvalue weighted by molar-refractivity contribution is -0.432. The molecule has 0 unspecified atom stereocenters. The zero-order valence-corrected chi connectivity index (χ0v) is 15.2. The SMILES string of the molecule is CCCCCCCCCCOC(=O)CCSCCSOOO. The second kappa shape index (κ2) is 19.1. The first-order valence-electron chi connectivity index (χ1n) is 8.14. The smallest absolute Gasteiger partial charge is 0.306 e. The van der Waals surface area contributed by atoms with Crippen molar-refractivity contribution >= 4 is 29.8 Å². The Kier molecular flexibility index (Phi) is 19.1. The zero-order chi connectivity index (χ0) is 16.3. The summed E-state index contributed by atoms with van der Waals surface area (Å²) in [6.07, 6.45) is 10.4. The van der Waals surface area contributed by atoms with Crippen molar-refractivity contribution in [2.45, 2.75) is 64.7 Å². The van der Waals surface area contributed by atoms with Crippen LogP contribution in [0.1, 0.15) is 64.7 Å². The van der Waals surface area contributed by atoms with Gasteiger partial charge >= 0.3 is 5.97 Å². The van der Waals surface area contributed by atoms with Gasteiger partial charge in [0.15, 0.2) is 0 Å². The van der Waals surface area contributed by atoms with E-state index in [1.165, 1.54) is 38.5 Å². The van der Waals surface area contributed by atoms with Crippen LogP contribution in [-0.4, -0.2) is 35.1 Å². The van der Waals surface area contributed by atoms with E-state index in [9.17, 15) is 4.79 Å². The van der Waals surface area contributed by atoms with Crippen molar-refractivity contribution in [1.82, 2.24) is 0 Å². The summed E-state index contributed by atoms with van der Waals surface area (Å²) in [6.45, 7) is 2.78. The topological polar surface area (TPSA) is 65.0 Å². The molecule has 0 aliphatic heterocycles. The van der Waals surface area contributed by atoms with Crippen LogP contribution in [-0.2, 0) is 18.9 Å². The molecule has 22 heavy (non-hydrogen) atoms. The van der Waals surface area contributed by atoms with E-state index in [-0.39, 0.29) is 5.97 Å². The molecule has 0 aliphatic rings. The van der Waals surface area contributed by atoms with Crippen LogP contribution in [0, 0.1) is 0 Å². The number of carbonyl (C=O) groups is 1. The molecule has 0 aromatic heterocycles. The molecule has 0 amide bonds. The molecule has 0 atom stereocenters. The fourth-order valence-electron chi connectivity index (χ4n) is 1.90. The number of hydrogen-bond donors (Lipinski definition) is 1. The van der Waals surface area contributed by atoms with E-state index in [2.05, 4.69) is 16.3 Å². The molecule has 0 rings (SSSR count). The van der Waals surface area contributed by atoms with Crippen molar-refractivity contribution in [2.75, 3.05) is 23.9 Å². The van der Waals surface area contributed by atoms with Crippen molar-refractivity contribution in [1.29, 1.82) is 0 Å². The van der Waals surface area contributed by atoms with Gasteiger partial charge in [-0.15, -0.1) is 4.33 Å². The Balaban J connectivity index is 3.13. The van der Waals surface area contributed by atoms with E-state index in [1.54, 1.807) is 11.8 Å². The Hall–Kier alpha value is 0.0500. The fraction of sp³-hybridized carbons (Fsp3) is 0.933. The van der Waals surface area contributed by atoms with Gasteiger partial charge in [0.2, 0.25) is 0 Å². The number of unbranched alkanes of at least 4 members (excludes halogenated alkanes) is 7. The van der Waals surface area contributed by atoms with Crippen molar-refractivity contribution < 1.29 is 24.2 Å². The van der Waals surface area contributed by atoms with Gasteiger partial charge in [-0.25, -0.2) is 5.26 Å². The number of rotatable bonds is 17. The van der Waals surface area contributed by atoms with E-state index in [1.807, 2.05) is 0 Å². The van der Waals surface area contributed by atoms with Gasteiger partial charge in [0.05, 0.1) is 13.0 Å². The van der Waals surface area contributed by atoms with Gasteiger partial charge in [0.1, 0.15) is 0 Å². The Bertz CT molecular complexity index is 242. The Morgan fingerprint density at radius 1 is 0.955 bits per heavy atom. The van der Waals surface area contributed by atoms with Crippen LogP contribution >= 0.6 is 23.8 Å². The second-order valence-electron chi connectivity index (χ2n) is 5.02. The highest BCUT2D eigenvalue weighted by Gasteiger charge is 2.02. The molecule has 0 aromatic carbocycles. The van der Waals surface area contributed by atoms with Gasteiger partial charge in [-0.1, -0.05) is 56.9 Å². The predicted molar refractivity (Wildman–Crippen MR) is 92.8 cm³/mol. The molecule has 0 radical (unpaired) electrons. The summed E-state index contributed by atoms with van der Waals surface area (Å²) in [5.74, 6) is 2.16. The minimum Gasteiger partial charge on any atom is -0.466 e. The van der Waals surface area contributed by atoms with Gasteiger partial charge in [-0.2, -0.15) is 11.8 Å². The molecule has 1 N–H and O–H groups in total. The maximum Gasteiger partial charge on any atom is 0.306 e. The number of esters is 1. The lowest BCUT2D eigenvalue weighted by atomic mass is 10.1. The molecule has 0 heterocycles. The van der Waals surface area contributed by atoms with Gasteiger partial charge < -0.3 is 4.74 Å². The summed E-state index contributed by atoms with van der Waals surface area (Å²) < 4.78 is 9.44. The van der Waals surface area contributed by atoms with Gasteiger partial charge in [-0.3, -0.25) is 4.79 Å². The van der Waals surface area contributed by atoms with Gasteiger partial charge in [0.25, 0.3) is 0 Å². The Labute approximate surface area is 142 Å². The van der Waals surface area contributed by atoms with Crippen molar-refractivity contribution in [3.8, 4) is 0 Å². The second-order valence-corrected chi connectivity index (χ2v) is 7.03. The van der Waals surface area contributed by atoms with Crippen LogP contribution in [0.4, 0.5) is 0 Å². The highest BCUT2D eigenvalue weighted by molar-refractivity contribution is 8.01. The van der Waals surface area contributed by atoms with Crippen LogP contribution in [0.25, 0.3) is 0 Å². The highest BCUT2D eigenvalue weighted by atomic mass is 32.2. The first-order chi connectivity index (χ1) is 10.8. The fourth-order valence-corrected chi connectivity index (χ4v) is 3.27. The average molecular weight is 355 g/mol. The van der Waals surface area contributed by atoms with Crippen LogP contribution in [0.5, 0.6) is 0 Å². The van der Waals surface area contributed by atoms with E-state index in [0.29, 0.717) is 18.8 Å². The Morgan fingerprint density at radius 2 is 1.64 bits per heavy atom. The number of carbonyl (C=O) groups excluding carboxylic acids is 1. The van der Waals surface area contributed by atoms with Crippen LogP contribution in [0.15, 0.2) is 0 Å². The first-order valence-corrected chi connectivity index (χ1v) is 10.2. The Morgan fingerprint density at radius 3 is 2.32 bits per heavy atom. The average Bonchev–Trinajstić information content (AvgIpc) is 2.52. The summed E-state index contributed by atoms with van der Waals surface area (Å²) in [5, 5.41) is 11.4. The molecule has 0 saturated carbocycles. The molecule has 7 heteroatoms. The quantitative estimate of drug-likeness (QED) is 0.131. The van der Waals surface area contributed by atoms with Crippen LogP contribution in [0.2, 0.25) is 0 Å². The molecule has 0 spiro atoms. The zero-order valence-electron chi connectivity index (χ0n) is 13.6. The summed E-state index contributed by atoms with van der Waals surface area (Å²) in [6, 6.07) is 0. The van der Waals surface area contributed by atoms with Crippen LogP contribution < -0.4 is 0 Å². The lowest BCUT2D eigenvalue weighted by Gasteiger charge is -2.05. The van der Waals surface area contributed by atoms with E-state index in [4.69, 9.17) is 9.99 Å². The summed E-state index contributed by atoms with van der Waals surface area (Å²) >= 11 is 2.68. The monoisotopic (exact) mass is 354 g/mol. The van der Waals surface area contributed by atoms with Crippen molar-refractivity contribution in [3.05, 3.63) is 0 Å². The number of thioether (sulfide) groups is 1. The molecule has 0 aliphatic carbocycles. The van der Waals surface area contributed by atoms with E-state index in [0.717, 1.165) is 36.4 Å². The third-order valence-electron chi connectivity index (χ3n) is 3.10. The minimum atomic E-state index is -0.113. The first kappa shape index (κ1) is 22.1. The minimum absolute atomic E-state index is 0.113. The summed E-state index contributed by atoms with van der Waals surface area (Å²) in [5.41, 5.74) is 0. The van der Waals surface area contributed by atoms with E-state index >= 15 is 0 Å². The van der Waals surface area contributed by atoms with Gasteiger partial charge in [-0.05, 0) is 6.42 Å². The lowest BCUT2D eigenvalue weighted by Crippen LogP contribution is -2.07. The molecule has 5 nitrogen and oxygen atoms in total. The maximum atomic E-state index is 11.5. The molecule has 0 aromatic rings. The third-order valence-corrected chi connectivity index (χ3v) is 4.87. The molecule has 0 saturated heterocycles. The molecule has 0 bridgehead atoms. The van der Waals surface area contributed by atoms with E-state index < -0.39 is 0 Å². The van der Waals surface area contributed by atoms with Gasteiger partial charge in [0, 0.05) is 29.3 Å². The largest absolute Gasteiger partial charge is 0.466 e. The predicted octanol–water partition coefficient (Wildman–Crippen LogP) is 4.86.